The van der Waals surface area contributed by atoms with Crippen molar-refractivity contribution < 1.29 is 0 Å². The second-order valence-corrected chi connectivity index (χ2v) is 5.21. The summed E-state index contributed by atoms with van der Waals surface area (Å²) >= 11 is 1.70. The Morgan fingerprint density at radius 1 is 1.28 bits per heavy atom. The molecule has 0 saturated heterocycles. The second-order valence-electron chi connectivity index (χ2n) is 4.43. The average molecular weight is 254 g/mol. The molecule has 0 aliphatic heterocycles. The Bertz CT molecular complexity index is 638. The lowest BCUT2D eigenvalue weighted by Gasteiger charge is -2.03. The van der Waals surface area contributed by atoms with Gasteiger partial charge in [0.25, 0.3) is 0 Å². The van der Waals surface area contributed by atoms with Crippen LogP contribution in [0, 0.1) is 6.92 Å². The molecule has 2 heterocycles. The molecular formula is C15H14N2S. The fourth-order valence-electron chi connectivity index (χ4n) is 2.03. The molecule has 0 unspecified atom stereocenters. The van der Waals surface area contributed by atoms with Gasteiger partial charge >= 0.3 is 0 Å². The maximum Gasteiger partial charge on any atom is 0.0956 e. The molecule has 0 amide bonds. The maximum atomic E-state index is 4.45. The van der Waals surface area contributed by atoms with Crippen molar-refractivity contribution in [3.05, 3.63) is 64.7 Å². The van der Waals surface area contributed by atoms with Gasteiger partial charge in [0.1, 0.15) is 0 Å². The average Bonchev–Trinajstić information content (AvgIpc) is 2.98. The molecule has 2 nitrogen and oxygen atoms in total. The van der Waals surface area contributed by atoms with Crippen LogP contribution < -0.4 is 0 Å². The normalized spacial score (nSPS) is 10.7. The zero-order chi connectivity index (χ0) is 12.4. The van der Waals surface area contributed by atoms with E-state index in [1.807, 2.05) is 6.33 Å². The van der Waals surface area contributed by atoms with Crippen molar-refractivity contribution in [3.8, 4) is 11.3 Å². The number of rotatable bonds is 3. The molecule has 0 radical (unpaired) electrons. The molecule has 3 aromatic rings. The van der Waals surface area contributed by atoms with Crippen molar-refractivity contribution in [1.29, 1.82) is 0 Å². The first-order valence-corrected chi connectivity index (χ1v) is 6.85. The van der Waals surface area contributed by atoms with Crippen LogP contribution in [0.15, 0.2) is 53.6 Å². The summed E-state index contributed by atoms with van der Waals surface area (Å²) in [7, 11) is 0. The van der Waals surface area contributed by atoms with Gasteiger partial charge in [-0.2, -0.15) is 11.3 Å². The Balaban J connectivity index is 1.82. The fourth-order valence-corrected chi connectivity index (χ4v) is 2.68. The van der Waals surface area contributed by atoms with Crippen molar-refractivity contribution in [2.45, 2.75) is 13.5 Å². The van der Waals surface area contributed by atoms with Crippen LogP contribution in [0.5, 0.6) is 0 Å². The Hall–Kier alpha value is -1.87. The quantitative estimate of drug-likeness (QED) is 0.691. The van der Waals surface area contributed by atoms with Crippen LogP contribution in [0.25, 0.3) is 11.3 Å². The predicted molar refractivity (Wildman–Crippen MR) is 75.8 cm³/mol. The van der Waals surface area contributed by atoms with Crippen LogP contribution in [0.1, 0.15) is 11.1 Å². The molecular weight excluding hydrogens is 240 g/mol. The van der Waals surface area contributed by atoms with Gasteiger partial charge in [-0.1, -0.05) is 29.8 Å². The van der Waals surface area contributed by atoms with Crippen molar-refractivity contribution >= 4 is 11.3 Å². The van der Waals surface area contributed by atoms with Gasteiger partial charge in [-0.15, -0.1) is 0 Å². The third-order valence-corrected chi connectivity index (χ3v) is 3.58. The largest absolute Gasteiger partial charge is 0.332 e. The lowest BCUT2D eigenvalue weighted by molar-refractivity contribution is 0.797. The molecule has 1 aromatic carbocycles. The van der Waals surface area contributed by atoms with Crippen LogP contribution in [0.3, 0.4) is 0 Å². The molecule has 0 spiro atoms. The Labute approximate surface area is 111 Å². The van der Waals surface area contributed by atoms with Crippen molar-refractivity contribution in [2.24, 2.45) is 0 Å². The monoisotopic (exact) mass is 254 g/mol. The summed E-state index contributed by atoms with van der Waals surface area (Å²) in [5, 5.41) is 4.20. The molecule has 90 valence electrons. The highest BCUT2D eigenvalue weighted by molar-refractivity contribution is 7.08. The molecule has 0 aliphatic carbocycles. The fraction of sp³-hybridized carbons (Fsp3) is 0.133. The Morgan fingerprint density at radius 2 is 2.22 bits per heavy atom. The first-order valence-electron chi connectivity index (χ1n) is 5.91. The summed E-state index contributed by atoms with van der Waals surface area (Å²) in [6, 6.07) is 10.7. The van der Waals surface area contributed by atoms with Gasteiger partial charge in [0.15, 0.2) is 0 Å². The molecule has 18 heavy (non-hydrogen) atoms. The number of aromatic nitrogens is 2. The van der Waals surface area contributed by atoms with E-state index in [1.165, 1.54) is 16.7 Å². The lowest BCUT2D eigenvalue weighted by Crippen LogP contribution is -1.96. The molecule has 0 saturated carbocycles. The standard InChI is InChI=1S/C15H14N2S/c1-12-3-2-4-13(7-12)8-17-9-15(16-11-17)14-5-6-18-10-14/h2-7,9-11H,8H2,1H3. The van der Waals surface area contributed by atoms with E-state index in [0.717, 1.165) is 12.2 Å². The number of hydrogen-bond acceptors (Lipinski definition) is 2. The summed E-state index contributed by atoms with van der Waals surface area (Å²) in [5.41, 5.74) is 4.85. The van der Waals surface area contributed by atoms with Crippen LogP contribution in [-0.2, 0) is 6.54 Å². The zero-order valence-corrected chi connectivity index (χ0v) is 11.0. The van der Waals surface area contributed by atoms with Gasteiger partial charge in [-0.3, -0.25) is 0 Å². The predicted octanol–water partition coefficient (Wildman–Crippen LogP) is 3.97. The van der Waals surface area contributed by atoms with Crippen LogP contribution in [-0.4, -0.2) is 9.55 Å². The first kappa shape index (κ1) is 11.2. The number of aryl methyl sites for hydroxylation is 1. The third kappa shape index (κ3) is 2.36. The minimum atomic E-state index is 0.874. The summed E-state index contributed by atoms with van der Waals surface area (Å²) in [4.78, 5) is 4.45. The minimum Gasteiger partial charge on any atom is -0.332 e. The van der Waals surface area contributed by atoms with E-state index in [2.05, 4.69) is 63.8 Å². The number of benzene rings is 1. The number of thiophene rings is 1. The molecule has 0 aliphatic rings. The topological polar surface area (TPSA) is 17.8 Å². The van der Waals surface area contributed by atoms with Gasteiger partial charge < -0.3 is 4.57 Å². The van der Waals surface area contributed by atoms with E-state index < -0.39 is 0 Å². The number of hydrogen-bond donors (Lipinski definition) is 0. The highest BCUT2D eigenvalue weighted by Gasteiger charge is 2.02. The molecule has 0 atom stereocenters. The molecule has 3 heteroatoms. The van der Waals surface area contributed by atoms with Crippen LogP contribution in [0.4, 0.5) is 0 Å². The SMILES string of the molecule is Cc1cccc(Cn2cnc(-c3ccsc3)c2)c1. The van der Waals surface area contributed by atoms with Gasteiger partial charge in [0.2, 0.25) is 0 Å². The smallest absolute Gasteiger partial charge is 0.0956 e. The Morgan fingerprint density at radius 3 is 3.00 bits per heavy atom. The van der Waals surface area contributed by atoms with E-state index in [4.69, 9.17) is 0 Å². The number of imidazole rings is 1. The Kier molecular flexibility index (Phi) is 2.99. The summed E-state index contributed by atoms with van der Waals surface area (Å²) in [6.45, 7) is 2.99. The molecule has 0 N–H and O–H groups in total. The van der Waals surface area contributed by atoms with E-state index in [-0.39, 0.29) is 0 Å². The summed E-state index contributed by atoms with van der Waals surface area (Å²) in [5.74, 6) is 0. The number of nitrogens with zero attached hydrogens (tertiary/aromatic N) is 2. The van der Waals surface area contributed by atoms with Crippen molar-refractivity contribution in [3.63, 3.8) is 0 Å². The lowest BCUT2D eigenvalue weighted by atomic mass is 10.1. The van der Waals surface area contributed by atoms with Crippen molar-refractivity contribution in [1.82, 2.24) is 9.55 Å². The van der Waals surface area contributed by atoms with E-state index in [9.17, 15) is 0 Å². The minimum absolute atomic E-state index is 0.874. The zero-order valence-electron chi connectivity index (χ0n) is 10.2. The molecule has 0 bridgehead atoms. The van der Waals surface area contributed by atoms with Crippen LogP contribution >= 0.6 is 11.3 Å². The second kappa shape index (κ2) is 4.78. The molecule has 3 rings (SSSR count). The highest BCUT2D eigenvalue weighted by atomic mass is 32.1. The molecule has 0 fully saturated rings. The molecule has 2 aromatic heterocycles. The van der Waals surface area contributed by atoms with E-state index >= 15 is 0 Å². The van der Waals surface area contributed by atoms with Gasteiger partial charge in [-0.25, -0.2) is 4.98 Å². The first-order chi connectivity index (χ1) is 8.81. The van der Waals surface area contributed by atoms with Gasteiger partial charge in [0, 0.05) is 23.7 Å². The van der Waals surface area contributed by atoms with Gasteiger partial charge in [-0.05, 0) is 23.9 Å². The van der Waals surface area contributed by atoms with E-state index in [0.29, 0.717) is 0 Å². The summed E-state index contributed by atoms with van der Waals surface area (Å²) < 4.78 is 2.13. The third-order valence-electron chi connectivity index (χ3n) is 2.90. The van der Waals surface area contributed by atoms with Crippen molar-refractivity contribution in [2.75, 3.05) is 0 Å². The highest BCUT2D eigenvalue weighted by Crippen LogP contribution is 2.20. The summed E-state index contributed by atoms with van der Waals surface area (Å²) in [6.07, 6.45) is 4.00. The maximum absolute atomic E-state index is 4.45. The van der Waals surface area contributed by atoms with E-state index in [1.54, 1.807) is 11.3 Å². The van der Waals surface area contributed by atoms with Crippen LogP contribution in [0.2, 0.25) is 0 Å². The van der Waals surface area contributed by atoms with Gasteiger partial charge in [0.05, 0.1) is 12.0 Å².